The van der Waals surface area contributed by atoms with Crippen LogP contribution in [0.3, 0.4) is 0 Å². The van der Waals surface area contributed by atoms with Gasteiger partial charge in [-0.05, 0) is 54.9 Å². The summed E-state index contributed by atoms with van der Waals surface area (Å²) in [7, 11) is 0. The van der Waals surface area contributed by atoms with E-state index in [0.717, 1.165) is 69.0 Å². The average molecular weight is 517 g/mol. The fraction of sp³-hybridized carbons (Fsp3) is 0.593. The van der Waals surface area contributed by atoms with Crippen LogP contribution in [0, 0.1) is 11.3 Å². The van der Waals surface area contributed by atoms with Crippen molar-refractivity contribution in [3.63, 3.8) is 0 Å². The molecular weight excluding hydrogens is 485 g/mol. The van der Waals surface area contributed by atoms with Crippen LogP contribution in [0.1, 0.15) is 59.4 Å². The van der Waals surface area contributed by atoms with Gasteiger partial charge in [0.2, 0.25) is 0 Å². The first-order chi connectivity index (χ1) is 17.7. The first-order valence-electron chi connectivity index (χ1n) is 13.0. The van der Waals surface area contributed by atoms with Crippen molar-refractivity contribution in [1.82, 2.24) is 15.3 Å². The molecule has 0 aromatic carbocycles. The van der Waals surface area contributed by atoms with E-state index in [-0.39, 0.29) is 29.0 Å². The molecule has 6 rings (SSSR count). The number of aromatic nitrogens is 2. The topological polar surface area (TPSA) is 76.6 Å². The molecule has 37 heavy (non-hydrogen) atoms. The lowest BCUT2D eigenvalue weighted by molar-refractivity contribution is -0.146. The number of ether oxygens (including phenoxy) is 2. The molecule has 2 aromatic rings. The number of pyridine rings is 2. The van der Waals surface area contributed by atoms with Gasteiger partial charge in [-0.15, -0.1) is 0 Å². The largest absolute Gasteiger partial charge is 0.433 e. The Bertz CT molecular complexity index is 1190. The second kappa shape index (κ2) is 9.23. The first kappa shape index (κ1) is 24.6. The van der Waals surface area contributed by atoms with Crippen molar-refractivity contribution in [1.29, 1.82) is 0 Å². The third-order valence-electron chi connectivity index (χ3n) is 8.68. The summed E-state index contributed by atoms with van der Waals surface area (Å²) < 4.78 is 50.6. The summed E-state index contributed by atoms with van der Waals surface area (Å²) in [5.74, 6) is 0.0996. The number of carbonyl (C=O) groups is 1. The van der Waals surface area contributed by atoms with Crippen LogP contribution in [0.25, 0.3) is 0 Å². The standard InChI is InChI=1S/C27H31F3N4O3/c1-16-2-3-19(33-25(35)17-4-5-31-23(9-17)27(28,29)30)10-20(16)18-8-22-21(32-12-18)11-26(14-37-15-26)24-13-36-7-6-34(22)24/h4-5,8-9,12,16,19-20,24H,2-3,6-7,10-11,13-15H2,1H3,(H,33,35)/t16?,19?,20-,24?/m1/s1. The highest BCUT2D eigenvalue weighted by Crippen LogP contribution is 2.47. The van der Waals surface area contributed by atoms with E-state index in [1.54, 1.807) is 0 Å². The first-order valence-corrected chi connectivity index (χ1v) is 13.0. The van der Waals surface area contributed by atoms with Crippen LogP contribution in [-0.4, -0.2) is 60.9 Å². The molecule has 4 aliphatic rings. The molecule has 10 heteroatoms. The molecule has 0 radical (unpaired) electrons. The van der Waals surface area contributed by atoms with Crippen molar-refractivity contribution in [3.8, 4) is 0 Å². The number of nitrogens with one attached hydrogen (secondary N) is 1. The monoisotopic (exact) mass is 516 g/mol. The van der Waals surface area contributed by atoms with Gasteiger partial charge in [-0.3, -0.25) is 14.8 Å². The highest BCUT2D eigenvalue weighted by atomic mass is 19.4. The zero-order chi connectivity index (χ0) is 25.8. The summed E-state index contributed by atoms with van der Waals surface area (Å²) in [5, 5.41) is 2.97. The Hall–Kier alpha value is -2.72. The maximum Gasteiger partial charge on any atom is 0.433 e. The SMILES string of the molecule is CC1CCC(NC(=O)c2ccnc(C(F)(F)F)c2)C[C@H]1c1cnc2c(c1)N1CCOCC1C1(COC1)C2. The maximum atomic E-state index is 13.0. The van der Waals surface area contributed by atoms with E-state index in [4.69, 9.17) is 14.5 Å². The summed E-state index contributed by atoms with van der Waals surface area (Å²) in [5.41, 5.74) is 2.43. The van der Waals surface area contributed by atoms with Crippen molar-refractivity contribution >= 4 is 11.6 Å². The van der Waals surface area contributed by atoms with E-state index in [1.165, 1.54) is 11.8 Å². The van der Waals surface area contributed by atoms with Crippen molar-refractivity contribution in [2.24, 2.45) is 11.3 Å². The molecule has 1 aliphatic carbocycles. The zero-order valence-corrected chi connectivity index (χ0v) is 20.8. The predicted molar refractivity (Wildman–Crippen MR) is 129 cm³/mol. The molecule has 1 amide bonds. The third kappa shape index (κ3) is 4.48. The van der Waals surface area contributed by atoms with Crippen LogP contribution in [0.2, 0.25) is 0 Å². The summed E-state index contributed by atoms with van der Waals surface area (Å²) in [4.78, 5) is 23.5. The lowest BCUT2D eigenvalue weighted by Crippen LogP contribution is -2.65. The Morgan fingerprint density at radius 1 is 1.19 bits per heavy atom. The molecule has 198 valence electrons. The second-order valence-electron chi connectivity index (χ2n) is 11.0. The number of alkyl halides is 3. The van der Waals surface area contributed by atoms with Crippen LogP contribution in [0.15, 0.2) is 30.6 Å². The van der Waals surface area contributed by atoms with Gasteiger partial charge in [0.05, 0.1) is 43.9 Å². The lowest BCUT2D eigenvalue weighted by atomic mass is 9.70. The molecule has 2 saturated heterocycles. The van der Waals surface area contributed by atoms with Crippen LogP contribution in [0.4, 0.5) is 18.9 Å². The van der Waals surface area contributed by atoms with Gasteiger partial charge >= 0.3 is 6.18 Å². The molecule has 4 atom stereocenters. The van der Waals surface area contributed by atoms with E-state index in [1.807, 2.05) is 6.20 Å². The zero-order valence-electron chi connectivity index (χ0n) is 20.8. The van der Waals surface area contributed by atoms with Gasteiger partial charge in [-0.2, -0.15) is 13.2 Å². The molecular formula is C27H31F3N4O3. The average Bonchev–Trinajstić information content (AvgIpc) is 2.87. The number of anilines is 1. The Labute approximate surface area is 213 Å². The van der Waals surface area contributed by atoms with Crippen LogP contribution in [0.5, 0.6) is 0 Å². The molecule has 5 heterocycles. The quantitative estimate of drug-likeness (QED) is 0.665. The van der Waals surface area contributed by atoms with Gasteiger partial charge in [0.1, 0.15) is 5.69 Å². The van der Waals surface area contributed by atoms with E-state index in [2.05, 4.69) is 28.2 Å². The Balaban J connectivity index is 1.20. The minimum Gasteiger partial charge on any atom is -0.380 e. The van der Waals surface area contributed by atoms with Crippen molar-refractivity contribution in [2.75, 3.05) is 37.9 Å². The van der Waals surface area contributed by atoms with Gasteiger partial charge in [-0.1, -0.05) is 6.92 Å². The number of hydrogen-bond donors (Lipinski definition) is 1. The Morgan fingerprint density at radius 2 is 2.03 bits per heavy atom. The Kier molecular flexibility index (Phi) is 6.14. The fourth-order valence-electron chi connectivity index (χ4n) is 6.51. The van der Waals surface area contributed by atoms with Crippen molar-refractivity contribution in [3.05, 3.63) is 53.1 Å². The summed E-state index contributed by atoms with van der Waals surface area (Å²) in [6.07, 6.45) is 1.72. The fourth-order valence-corrected chi connectivity index (χ4v) is 6.51. The second-order valence-corrected chi connectivity index (χ2v) is 11.0. The van der Waals surface area contributed by atoms with Gasteiger partial charge in [0.15, 0.2) is 0 Å². The number of rotatable bonds is 3. The summed E-state index contributed by atoms with van der Waals surface area (Å²) in [6, 6.07) is 4.57. The van der Waals surface area contributed by atoms with Crippen LogP contribution >= 0.6 is 0 Å². The van der Waals surface area contributed by atoms with Crippen molar-refractivity contribution in [2.45, 2.75) is 56.8 Å². The number of amides is 1. The van der Waals surface area contributed by atoms with Crippen LogP contribution < -0.4 is 10.2 Å². The molecule has 1 spiro atoms. The summed E-state index contributed by atoms with van der Waals surface area (Å²) >= 11 is 0. The third-order valence-corrected chi connectivity index (χ3v) is 8.68. The number of carbonyl (C=O) groups excluding carboxylic acids is 1. The Morgan fingerprint density at radius 3 is 2.78 bits per heavy atom. The number of hydrogen-bond acceptors (Lipinski definition) is 6. The minimum atomic E-state index is -4.59. The van der Waals surface area contributed by atoms with Gasteiger partial charge < -0.3 is 19.7 Å². The molecule has 1 N–H and O–H groups in total. The molecule has 3 aliphatic heterocycles. The maximum absolute atomic E-state index is 13.0. The summed E-state index contributed by atoms with van der Waals surface area (Å²) in [6.45, 7) is 5.92. The predicted octanol–water partition coefficient (Wildman–Crippen LogP) is 3.98. The van der Waals surface area contributed by atoms with E-state index in [9.17, 15) is 18.0 Å². The highest BCUT2D eigenvalue weighted by molar-refractivity contribution is 5.94. The minimum absolute atomic E-state index is 0.0276. The number of nitrogens with zero attached hydrogens (tertiary/aromatic N) is 3. The highest BCUT2D eigenvalue weighted by Gasteiger charge is 2.53. The lowest BCUT2D eigenvalue weighted by Gasteiger charge is -2.56. The van der Waals surface area contributed by atoms with Gasteiger partial charge in [0, 0.05) is 42.4 Å². The number of halogens is 3. The normalized spacial score (nSPS) is 28.7. The molecule has 7 nitrogen and oxygen atoms in total. The van der Waals surface area contributed by atoms with Crippen LogP contribution in [-0.2, 0) is 22.1 Å². The van der Waals surface area contributed by atoms with Gasteiger partial charge in [0.25, 0.3) is 5.91 Å². The van der Waals surface area contributed by atoms with E-state index in [0.29, 0.717) is 19.1 Å². The molecule has 3 unspecified atom stereocenters. The molecule has 1 saturated carbocycles. The molecule has 0 bridgehead atoms. The molecule has 3 fully saturated rings. The smallest absolute Gasteiger partial charge is 0.380 e. The number of fused-ring (bicyclic) bond motifs is 4. The number of morpholine rings is 1. The van der Waals surface area contributed by atoms with E-state index < -0.39 is 17.8 Å². The van der Waals surface area contributed by atoms with E-state index >= 15 is 0 Å². The molecule has 2 aromatic heterocycles. The van der Waals surface area contributed by atoms with Crippen molar-refractivity contribution < 1.29 is 27.4 Å². The van der Waals surface area contributed by atoms with Gasteiger partial charge in [-0.25, -0.2) is 0 Å².